The zero-order valence-corrected chi connectivity index (χ0v) is 8.15. The van der Waals surface area contributed by atoms with Crippen molar-refractivity contribution in [3.63, 3.8) is 0 Å². The van der Waals surface area contributed by atoms with Gasteiger partial charge in [0.2, 0.25) is 5.79 Å². The predicted octanol–water partition coefficient (Wildman–Crippen LogP) is 3.03. The number of nitrogens with zero attached hydrogens (tertiary/aromatic N) is 1. The summed E-state index contributed by atoms with van der Waals surface area (Å²) in [5, 5.41) is 0. The molecule has 1 aliphatic heterocycles. The van der Waals surface area contributed by atoms with Gasteiger partial charge < -0.3 is 0 Å². The Morgan fingerprint density at radius 3 is 2.08 bits per heavy atom. The third-order valence-corrected chi connectivity index (χ3v) is 2.70. The first-order valence-corrected chi connectivity index (χ1v) is 4.84. The van der Waals surface area contributed by atoms with Crippen LogP contribution in [0.2, 0.25) is 0 Å². The molecule has 0 amide bonds. The van der Waals surface area contributed by atoms with Crippen LogP contribution in [0.1, 0.15) is 32.6 Å². The van der Waals surface area contributed by atoms with Gasteiger partial charge in [-0.2, -0.15) is 0 Å². The standard InChI is InChI=1S/C10H17F2N/c1-9(11)10(2,12)13-7-5-3-4-6-8-13/h1,3-8H2,2H3. The molecule has 0 radical (unpaired) electrons. The van der Waals surface area contributed by atoms with Gasteiger partial charge >= 0.3 is 0 Å². The first kappa shape index (κ1) is 10.6. The average Bonchev–Trinajstić information content (AvgIpc) is 2.31. The van der Waals surface area contributed by atoms with Crippen molar-refractivity contribution in [3.05, 3.63) is 12.4 Å². The van der Waals surface area contributed by atoms with Crippen LogP contribution in [0, 0.1) is 0 Å². The van der Waals surface area contributed by atoms with Crippen molar-refractivity contribution in [2.24, 2.45) is 0 Å². The van der Waals surface area contributed by atoms with Crippen molar-refractivity contribution in [2.45, 2.75) is 38.4 Å². The Hall–Kier alpha value is -0.440. The van der Waals surface area contributed by atoms with E-state index in [0.29, 0.717) is 13.1 Å². The molecule has 0 spiro atoms. The van der Waals surface area contributed by atoms with E-state index in [1.807, 2.05) is 0 Å². The fourth-order valence-corrected chi connectivity index (χ4v) is 1.66. The van der Waals surface area contributed by atoms with Crippen LogP contribution in [-0.2, 0) is 0 Å². The Labute approximate surface area is 78.4 Å². The Morgan fingerprint density at radius 1 is 1.23 bits per heavy atom. The molecule has 0 saturated carbocycles. The molecule has 0 aromatic heterocycles. The maximum Gasteiger partial charge on any atom is 0.212 e. The van der Waals surface area contributed by atoms with Crippen LogP contribution in [0.5, 0.6) is 0 Å². The average molecular weight is 189 g/mol. The lowest BCUT2D eigenvalue weighted by Crippen LogP contribution is -2.43. The fraction of sp³-hybridized carbons (Fsp3) is 0.800. The van der Waals surface area contributed by atoms with Gasteiger partial charge in [0.1, 0.15) is 5.83 Å². The van der Waals surface area contributed by atoms with E-state index in [1.165, 1.54) is 6.92 Å². The normalized spacial score (nSPS) is 24.8. The fourth-order valence-electron chi connectivity index (χ4n) is 1.66. The highest BCUT2D eigenvalue weighted by molar-refractivity contribution is 5.01. The van der Waals surface area contributed by atoms with Crippen molar-refractivity contribution in [1.82, 2.24) is 4.90 Å². The largest absolute Gasteiger partial charge is 0.266 e. The Bertz CT molecular complexity index is 181. The van der Waals surface area contributed by atoms with Gasteiger partial charge in [-0.25, -0.2) is 8.78 Å². The molecule has 1 saturated heterocycles. The molecule has 0 aliphatic carbocycles. The molecule has 76 valence electrons. The van der Waals surface area contributed by atoms with Gasteiger partial charge in [0, 0.05) is 13.1 Å². The van der Waals surface area contributed by atoms with E-state index in [1.54, 1.807) is 4.90 Å². The van der Waals surface area contributed by atoms with Crippen molar-refractivity contribution < 1.29 is 8.78 Å². The van der Waals surface area contributed by atoms with E-state index in [9.17, 15) is 8.78 Å². The molecule has 1 aliphatic rings. The van der Waals surface area contributed by atoms with Crippen molar-refractivity contribution >= 4 is 0 Å². The Kier molecular flexibility index (Phi) is 3.42. The lowest BCUT2D eigenvalue weighted by atomic mass is 10.2. The van der Waals surface area contributed by atoms with Crippen LogP contribution in [-0.4, -0.2) is 23.8 Å². The minimum atomic E-state index is -1.97. The summed E-state index contributed by atoms with van der Waals surface area (Å²) in [7, 11) is 0. The highest BCUT2D eigenvalue weighted by Crippen LogP contribution is 2.28. The molecule has 1 heterocycles. The maximum absolute atomic E-state index is 13.7. The summed E-state index contributed by atoms with van der Waals surface area (Å²) < 4.78 is 26.5. The quantitative estimate of drug-likeness (QED) is 0.603. The van der Waals surface area contributed by atoms with E-state index in [2.05, 4.69) is 6.58 Å². The van der Waals surface area contributed by atoms with Crippen LogP contribution in [0.4, 0.5) is 8.78 Å². The molecular weight excluding hydrogens is 172 g/mol. The van der Waals surface area contributed by atoms with Gasteiger partial charge in [0.05, 0.1) is 0 Å². The number of rotatable bonds is 2. The highest BCUT2D eigenvalue weighted by Gasteiger charge is 2.35. The molecule has 0 N–H and O–H groups in total. The minimum Gasteiger partial charge on any atom is -0.266 e. The Balaban J connectivity index is 2.62. The number of alkyl halides is 1. The van der Waals surface area contributed by atoms with E-state index in [0.717, 1.165) is 25.7 Å². The van der Waals surface area contributed by atoms with Crippen molar-refractivity contribution in [1.29, 1.82) is 0 Å². The summed E-state index contributed by atoms with van der Waals surface area (Å²) in [6.07, 6.45) is 4.14. The Morgan fingerprint density at radius 2 is 1.69 bits per heavy atom. The summed E-state index contributed by atoms with van der Waals surface area (Å²) in [6, 6.07) is 0. The number of hydrogen-bond acceptors (Lipinski definition) is 1. The molecule has 1 atom stereocenters. The summed E-state index contributed by atoms with van der Waals surface area (Å²) in [4.78, 5) is 1.54. The number of hydrogen-bond donors (Lipinski definition) is 0. The lowest BCUT2D eigenvalue weighted by molar-refractivity contribution is -0.000576. The first-order valence-electron chi connectivity index (χ1n) is 4.84. The van der Waals surface area contributed by atoms with E-state index in [4.69, 9.17) is 0 Å². The van der Waals surface area contributed by atoms with E-state index in [-0.39, 0.29) is 0 Å². The summed E-state index contributed by atoms with van der Waals surface area (Å²) >= 11 is 0. The summed E-state index contributed by atoms with van der Waals surface area (Å²) in [5.41, 5.74) is 0. The number of likely N-dealkylation sites (tertiary alicyclic amines) is 1. The lowest BCUT2D eigenvalue weighted by Gasteiger charge is -2.32. The molecule has 1 nitrogen and oxygen atoms in total. The van der Waals surface area contributed by atoms with Crippen LogP contribution in [0.15, 0.2) is 12.4 Å². The molecule has 13 heavy (non-hydrogen) atoms. The summed E-state index contributed by atoms with van der Waals surface area (Å²) in [6.45, 7) is 5.57. The third-order valence-electron chi connectivity index (χ3n) is 2.70. The third kappa shape index (κ3) is 2.50. The summed E-state index contributed by atoms with van der Waals surface area (Å²) in [5.74, 6) is -2.85. The SMILES string of the molecule is C=C(F)C(C)(F)N1CCCCCC1. The molecule has 0 aromatic rings. The molecular formula is C10H17F2N. The number of halogens is 2. The minimum absolute atomic E-state index is 0.635. The predicted molar refractivity (Wildman–Crippen MR) is 49.8 cm³/mol. The molecule has 0 bridgehead atoms. The smallest absolute Gasteiger partial charge is 0.212 e. The van der Waals surface area contributed by atoms with E-state index < -0.39 is 11.6 Å². The second kappa shape index (κ2) is 4.18. The van der Waals surface area contributed by atoms with E-state index >= 15 is 0 Å². The monoisotopic (exact) mass is 189 g/mol. The second-order valence-corrected chi connectivity index (χ2v) is 3.76. The molecule has 1 rings (SSSR count). The zero-order chi connectivity index (χ0) is 9.90. The molecule has 1 fully saturated rings. The molecule has 1 unspecified atom stereocenters. The van der Waals surface area contributed by atoms with Crippen LogP contribution < -0.4 is 0 Å². The molecule has 3 heteroatoms. The van der Waals surface area contributed by atoms with Crippen LogP contribution >= 0.6 is 0 Å². The zero-order valence-electron chi connectivity index (χ0n) is 8.15. The van der Waals surface area contributed by atoms with Crippen LogP contribution in [0.3, 0.4) is 0 Å². The van der Waals surface area contributed by atoms with Gasteiger partial charge in [-0.15, -0.1) is 0 Å². The highest BCUT2D eigenvalue weighted by atomic mass is 19.2. The molecule has 0 aromatic carbocycles. The van der Waals surface area contributed by atoms with Crippen molar-refractivity contribution in [2.75, 3.05) is 13.1 Å². The first-order chi connectivity index (χ1) is 6.05. The van der Waals surface area contributed by atoms with Gasteiger partial charge in [-0.1, -0.05) is 19.4 Å². The van der Waals surface area contributed by atoms with Gasteiger partial charge in [-0.3, -0.25) is 4.90 Å². The second-order valence-electron chi connectivity index (χ2n) is 3.76. The van der Waals surface area contributed by atoms with Crippen LogP contribution in [0.25, 0.3) is 0 Å². The topological polar surface area (TPSA) is 3.24 Å². The maximum atomic E-state index is 13.7. The van der Waals surface area contributed by atoms with Crippen molar-refractivity contribution in [3.8, 4) is 0 Å². The van der Waals surface area contributed by atoms with Gasteiger partial charge in [-0.05, 0) is 19.8 Å². The van der Waals surface area contributed by atoms with Gasteiger partial charge in [0.15, 0.2) is 0 Å². The van der Waals surface area contributed by atoms with Gasteiger partial charge in [0.25, 0.3) is 0 Å².